The summed E-state index contributed by atoms with van der Waals surface area (Å²) in [4.78, 5) is 3.43. The van der Waals surface area contributed by atoms with Crippen LogP contribution in [0.1, 0.15) is 57.1 Å². The Bertz CT molecular complexity index is 652. The third-order valence-corrected chi connectivity index (χ3v) is 4.49. The van der Waals surface area contributed by atoms with E-state index in [-0.39, 0.29) is 6.10 Å². The number of hydrogen-bond donors (Lipinski definition) is 0. The van der Waals surface area contributed by atoms with Crippen molar-refractivity contribution in [2.75, 3.05) is 0 Å². The quantitative estimate of drug-likeness (QED) is 0.345. The largest absolute Gasteiger partial charge is 0.491 e. The molecule has 1 atom stereocenters. The molecule has 2 nitrogen and oxygen atoms in total. The first-order valence-electron chi connectivity index (χ1n) is 9.43. The molecule has 0 aliphatic heterocycles. The Morgan fingerprint density at radius 2 is 1.48 bits per heavy atom. The average molecular weight is 335 g/mol. The van der Waals surface area contributed by atoms with Crippen LogP contribution in [0.2, 0.25) is 0 Å². The third-order valence-electron chi connectivity index (χ3n) is 4.49. The van der Waals surface area contributed by atoms with Gasteiger partial charge in [-0.1, -0.05) is 68.1 Å². The van der Waals surface area contributed by atoms with Crippen LogP contribution in [0.4, 0.5) is 5.69 Å². The van der Waals surface area contributed by atoms with E-state index in [9.17, 15) is 0 Å². The normalized spacial score (nSPS) is 11.7. The van der Waals surface area contributed by atoms with Gasteiger partial charge in [0, 0.05) is 0 Å². The van der Waals surface area contributed by atoms with E-state index in [1.807, 2.05) is 24.3 Å². The molecule has 0 saturated carbocycles. The fourth-order valence-corrected chi connectivity index (χ4v) is 2.91. The fraction of sp³-hybridized carbons (Fsp3) is 0.435. The summed E-state index contributed by atoms with van der Waals surface area (Å²) >= 11 is 0. The number of hydrogen-bond acceptors (Lipinski definition) is 1. The standard InChI is InChI=1S/C23H29NO/c1-4-5-6-7-8-19(2)25-23-17-13-21(14-18-23)10-9-20-11-15-22(24-3)16-12-20/h11-19H,4-10H2,1-2H3/t19-/m1/s1. The van der Waals surface area contributed by atoms with Crippen LogP contribution in [-0.4, -0.2) is 6.10 Å². The lowest BCUT2D eigenvalue weighted by molar-refractivity contribution is 0.206. The molecule has 0 fully saturated rings. The summed E-state index contributed by atoms with van der Waals surface area (Å²) < 4.78 is 6.01. The number of nitrogens with zero attached hydrogens (tertiary/aromatic N) is 1. The van der Waals surface area contributed by atoms with Crippen LogP contribution in [0.15, 0.2) is 48.5 Å². The minimum Gasteiger partial charge on any atom is -0.491 e. The predicted octanol–water partition coefficient (Wildman–Crippen LogP) is 6.76. The Morgan fingerprint density at radius 1 is 0.880 bits per heavy atom. The predicted molar refractivity (Wildman–Crippen MR) is 105 cm³/mol. The molecule has 0 bridgehead atoms. The number of ether oxygens (including phenoxy) is 1. The second-order valence-corrected chi connectivity index (χ2v) is 6.70. The Labute approximate surface area is 152 Å². The van der Waals surface area contributed by atoms with Crippen molar-refractivity contribution < 1.29 is 4.74 Å². The van der Waals surface area contributed by atoms with E-state index in [1.165, 1.54) is 36.8 Å². The van der Waals surface area contributed by atoms with Crippen LogP contribution >= 0.6 is 0 Å². The molecule has 2 aromatic carbocycles. The van der Waals surface area contributed by atoms with Crippen molar-refractivity contribution >= 4 is 5.69 Å². The van der Waals surface area contributed by atoms with Crippen LogP contribution < -0.4 is 4.74 Å². The molecule has 0 spiro atoms. The molecule has 0 amide bonds. The maximum Gasteiger partial charge on any atom is 0.187 e. The van der Waals surface area contributed by atoms with Gasteiger partial charge in [-0.3, -0.25) is 0 Å². The Morgan fingerprint density at radius 3 is 2.04 bits per heavy atom. The molecule has 0 N–H and O–H groups in total. The minimum absolute atomic E-state index is 0.281. The Balaban J connectivity index is 1.76. The van der Waals surface area contributed by atoms with Gasteiger partial charge in [0.25, 0.3) is 0 Å². The second-order valence-electron chi connectivity index (χ2n) is 6.70. The maximum absolute atomic E-state index is 6.99. The van der Waals surface area contributed by atoms with E-state index in [1.54, 1.807) is 0 Å². The lowest BCUT2D eigenvalue weighted by atomic mass is 10.0. The van der Waals surface area contributed by atoms with Crippen molar-refractivity contribution in [2.45, 2.75) is 64.9 Å². The smallest absolute Gasteiger partial charge is 0.187 e. The second kappa shape index (κ2) is 10.6. The maximum atomic E-state index is 6.99. The average Bonchev–Trinajstić information content (AvgIpc) is 2.65. The fourth-order valence-electron chi connectivity index (χ4n) is 2.91. The van der Waals surface area contributed by atoms with E-state index in [0.29, 0.717) is 5.69 Å². The topological polar surface area (TPSA) is 13.6 Å². The van der Waals surface area contributed by atoms with E-state index >= 15 is 0 Å². The molecule has 0 heterocycles. The monoisotopic (exact) mass is 335 g/mol. The molecule has 2 rings (SSSR count). The van der Waals surface area contributed by atoms with Crippen molar-refractivity contribution in [3.63, 3.8) is 0 Å². The molecular formula is C23H29NO. The summed E-state index contributed by atoms with van der Waals surface area (Å²) in [5, 5.41) is 0. The van der Waals surface area contributed by atoms with Gasteiger partial charge in [-0.25, -0.2) is 4.85 Å². The summed E-state index contributed by atoms with van der Waals surface area (Å²) in [7, 11) is 0. The molecule has 25 heavy (non-hydrogen) atoms. The van der Waals surface area contributed by atoms with E-state index < -0.39 is 0 Å². The summed E-state index contributed by atoms with van der Waals surface area (Å²) in [6.45, 7) is 11.4. The first-order valence-corrected chi connectivity index (χ1v) is 9.43. The van der Waals surface area contributed by atoms with Crippen LogP contribution in [0.3, 0.4) is 0 Å². The van der Waals surface area contributed by atoms with Gasteiger partial charge in [0.2, 0.25) is 0 Å². The number of rotatable bonds is 10. The van der Waals surface area contributed by atoms with Gasteiger partial charge >= 0.3 is 0 Å². The van der Waals surface area contributed by atoms with Crippen molar-refractivity contribution in [2.24, 2.45) is 0 Å². The van der Waals surface area contributed by atoms with E-state index in [4.69, 9.17) is 11.3 Å². The van der Waals surface area contributed by atoms with Gasteiger partial charge in [-0.15, -0.1) is 0 Å². The molecule has 0 radical (unpaired) electrons. The van der Waals surface area contributed by atoms with Crippen LogP contribution in [0, 0.1) is 6.57 Å². The Hall–Kier alpha value is -2.27. The lowest BCUT2D eigenvalue weighted by Gasteiger charge is -2.15. The molecule has 0 aromatic heterocycles. The summed E-state index contributed by atoms with van der Waals surface area (Å²) in [6, 6.07) is 16.4. The van der Waals surface area contributed by atoms with E-state index in [2.05, 4.69) is 43.0 Å². The highest BCUT2D eigenvalue weighted by molar-refractivity contribution is 5.45. The van der Waals surface area contributed by atoms with Gasteiger partial charge in [-0.05, 0) is 50.3 Å². The van der Waals surface area contributed by atoms with Gasteiger partial charge < -0.3 is 4.74 Å². The lowest BCUT2D eigenvalue weighted by Crippen LogP contribution is -2.11. The summed E-state index contributed by atoms with van der Waals surface area (Å²) in [6.07, 6.45) is 8.56. The molecule has 0 unspecified atom stereocenters. The van der Waals surface area contributed by atoms with Gasteiger partial charge in [0.15, 0.2) is 5.69 Å². The molecular weight excluding hydrogens is 306 g/mol. The van der Waals surface area contributed by atoms with Crippen LogP contribution in [0.25, 0.3) is 4.85 Å². The highest BCUT2D eigenvalue weighted by atomic mass is 16.5. The number of unbranched alkanes of at least 4 members (excludes halogenated alkanes) is 3. The number of benzene rings is 2. The number of aryl methyl sites for hydroxylation is 2. The van der Waals surface area contributed by atoms with Gasteiger partial charge in [0.1, 0.15) is 5.75 Å². The van der Waals surface area contributed by atoms with Crippen molar-refractivity contribution in [1.29, 1.82) is 0 Å². The SMILES string of the molecule is [C-]#[N+]c1ccc(CCc2ccc(O[C@H](C)CCCCCC)cc2)cc1. The first kappa shape index (κ1) is 19.1. The minimum atomic E-state index is 0.281. The van der Waals surface area contributed by atoms with Crippen molar-refractivity contribution in [3.05, 3.63) is 71.1 Å². The molecule has 132 valence electrons. The molecule has 0 aliphatic rings. The van der Waals surface area contributed by atoms with Crippen molar-refractivity contribution in [1.82, 2.24) is 0 Å². The molecule has 2 heteroatoms. The zero-order valence-corrected chi connectivity index (χ0v) is 15.5. The highest BCUT2D eigenvalue weighted by Gasteiger charge is 2.04. The van der Waals surface area contributed by atoms with Gasteiger partial charge in [-0.2, -0.15) is 0 Å². The van der Waals surface area contributed by atoms with Crippen molar-refractivity contribution in [3.8, 4) is 5.75 Å². The Kier molecular flexibility index (Phi) is 8.05. The molecule has 0 saturated heterocycles. The van der Waals surface area contributed by atoms with Crippen LogP contribution in [-0.2, 0) is 12.8 Å². The highest BCUT2D eigenvalue weighted by Crippen LogP contribution is 2.18. The zero-order chi connectivity index (χ0) is 17.9. The summed E-state index contributed by atoms with van der Waals surface area (Å²) in [5.74, 6) is 0.966. The third kappa shape index (κ3) is 7.01. The molecule has 0 aliphatic carbocycles. The zero-order valence-electron chi connectivity index (χ0n) is 15.5. The van der Waals surface area contributed by atoms with Crippen LogP contribution in [0.5, 0.6) is 5.75 Å². The summed E-state index contributed by atoms with van der Waals surface area (Å²) in [5.41, 5.74) is 3.29. The molecule has 2 aromatic rings. The first-order chi connectivity index (χ1) is 12.2. The van der Waals surface area contributed by atoms with Gasteiger partial charge in [0.05, 0.1) is 12.7 Å². The van der Waals surface area contributed by atoms with E-state index in [0.717, 1.165) is 25.0 Å².